The Morgan fingerprint density at radius 2 is 1.66 bits per heavy atom. The van der Waals surface area contributed by atoms with Crippen LogP contribution in [0.15, 0.2) is 133 Å². The monoisotopic (exact) mass is 990 g/mol. The molecule has 1 heterocycles. The van der Waals surface area contributed by atoms with E-state index in [1.807, 2.05) is 68.1 Å². The molecule has 6 atom stereocenters. The number of benzene rings is 5. The van der Waals surface area contributed by atoms with Gasteiger partial charge in [-0.05, 0) is 135 Å². The lowest BCUT2D eigenvalue weighted by Crippen LogP contribution is -2.70. The second-order valence-electron chi connectivity index (χ2n) is 19.8. The van der Waals surface area contributed by atoms with E-state index >= 15 is 4.79 Å². The van der Waals surface area contributed by atoms with Crippen LogP contribution in [0.25, 0.3) is 10.8 Å². The third-order valence-corrected chi connectivity index (χ3v) is 14.0. The lowest BCUT2D eigenvalue weighted by atomic mass is 9.55. The molecule has 0 aromatic heterocycles. The Bertz CT molecular complexity index is 2880. The normalized spacial score (nSPS) is 21.4. The summed E-state index contributed by atoms with van der Waals surface area (Å²) in [5.41, 5.74) is 3.67. The van der Waals surface area contributed by atoms with Crippen molar-refractivity contribution in [2.45, 2.75) is 95.6 Å². The summed E-state index contributed by atoms with van der Waals surface area (Å²) < 4.78 is 31.7. The van der Waals surface area contributed by atoms with Crippen molar-refractivity contribution >= 4 is 34.2 Å². The molecule has 1 saturated carbocycles. The zero-order chi connectivity index (χ0) is 51.7. The highest BCUT2D eigenvalue weighted by Crippen LogP contribution is 2.62. The molecule has 2 amide bonds. The van der Waals surface area contributed by atoms with Crippen LogP contribution >= 0.6 is 0 Å². The van der Waals surface area contributed by atoms with E-state index in [0.29, 0.717) is 65.5 Å². The van der Waals surface area contributed by atoms with E-state index < -0.39 is 35.4 Å². The van der Waals surface area contributed by atoms with Crippen LogP contribution in [0.1, 0.15) is 98.7 Å². The summed E-state index contributed by atoms with van der Waals surface area (Å²) in [6.07, 6.45) is 7.51. The number of aliphatic hydroxyl groups is 2. The Morgan fingerprint density at radius 1 is 0.918 bits per heavy atom. The Labute approximate surface area is 427 Å². The molecule has 382 valence electrons. The minimum Gasteiger partial charge on any atom is -0.497 e. The summed E-state index contributed by atoms with van der Waals surface area (Å²) in [6.45, 7) is 10.2. The highest BCUT2D eigenvalue weighted by Gasteiger charge is 2.65. The van der Waals surface area contributed by atoms with Crippen molar-refractivity contribution in [2.24, 2.45) is 22.9 Å². The minimum atomic E-state index is -1.58. The molecule has 3 aliphatic rings. The Hall–Kier alpha value is -7.18. The van der Waals surface area contributed by atoms with Gasteiger partial charge in [0.05, 0.1) is 49.8 Å². The van der Waals surface area contributed by atoms with Crippen molar-refractivity contribution in [1.82, 2.24) is 4.90 Å². The molecule has 73 heavy (non-hydrogen) atoms. The van der Waals surface area contributed by atoms with Crippen LogP contribution in [0.5, 0.6) is 23.0 Å². The maximum atomic E-state index is 15.7. The summed E-state index contributed by atoms with van der Waals surface area (Å²) in [4.78, 5) is 37.6. The molecule has 1 aliphatic heterocycles. The summed E-state index contributed by atoms with van der Waals surface area (Å²) in [5.74, 6) is -1.35. The highest BCUT2D eigenvalue weighted by molar-refractivity contribution is 6.04. The largest absolute Gasteiger partial charge is 0.497 e. The summed E-state index contributed by atoms with van der Waals surface area (Å²) in [6, 6.07) is 32.5. The molecule has 0 spiro atoms. The van der Waals surface area contributed by atoms with Crippen LogP contribution in [0.2, 0.25) is 0 Å². The number of anilines is 1. The Morgan fingerprint density at radius 3 is 2.37 bits per heavy atom. The second kappa shape index (κ2) is 23.1. The van der Waals surface area contributed by atoms with Crippen molar-refractivity contribution in [2.75, 3.05) is 39.4 Å². The molecule has 5 aromatic carbocycles. The zero-order valence-corrected chi connectivity index (χ0v) is 42.3. The van der Waals surface area contributed by atoms with Gasteiger partial charge < -0.3 is 43.6 Å². The fraction of sp³-hybridized carbons (Fsp3) is 0.390. The van der Waals surface area contributed by atoms with E-state index in [0.717, 1.165) is 40.3 Å². The number of unbranched alkanes of at least 4 members (excludes halogenated alkanes) is 2. The number of nitriles is 1. The first-order valence-electron chi connectivity index (χ1n) is 25.1. The molecule has 14 nitrogen and oxygen atoms in total. The van der Waals surface area contributed by atoms with Gasteiger partial charge in [-0.15, -0.1) is 6.58 Å². The topological polar surface area (TPSA) is 181 Å². The molecule has 2 aliphatic carbocycles. The number of fused-ring (bicyclic) bond motifs is 3. The number of carbonyl (C=O) groups excluding carboxylic acids is 2. The van der Waals surface area contributed by atoms with Gasteiger partial charge in [-0.2, -0.15) is 5.26 Å². The van der Waals surface area contributed by atoms with Crippen molar-refractivity contribution in [3.63, 3.8) is 0 Å². The fourth-order valence-electron chi connectivity index (χ4n) is 10.8. The summed E-state index contributed by atoms with van der Waals surface area (Å²) in [7, 11) is 3.05. The lowest BCUT2D eigenvalue weighted by Gasteiger charge is -2.60. The van der Waals surface area contributed by atoms with Gasteiger partial charge in [0, 0.05) is 49.3 Å². The average molecular weight is 991 g/mol. The quantitative estimate of drug-likeness (QED) is 0.0383. The molecule has 5 aromatic rings. The van der Waals surface area contributed by atoms with Gasteiger partial charge in [0.1, 0.15) is 34.6 Å². The molecule has 0 saturated heterocycles. The summed E-state index contributed by atoms with van der Waals surface area (Å²) in [5, 5.41) is 39.8. The van der Waals surface area contributed by atoms with Gasteiger partial charge in [0.25, 0.3) is 5.91 Å². The van der Waals surface area contributed by atoms with E-state index in [9.17, 15) is 20.3 Å². The van der Waals surface area contributed by atoms with Crippen LogP contribution in [0.4, 0.5) is 10.5 Å². The number of allylic oxidation sites excluding steroid dienone is 1. The van der Waals surface area contributed by atoms with Crippen LogP contribution in [-0.2, 0) is 16.1 Å². The lowest BCUT2D eigenvalue weighted by molar-refractivity contribution is -0.255. The maximum absolute atomic E-state index is 15.7. The molecule has 8 rings (SSSR count). The van der Waals surface area contributed by atoms with Crippen molar-refractivity contribution in [3.05, 3.63) is 150 Å². The number of aliphatic hydroxyl groups excluding tert-OH is 2. The van der Waals surface area contributed by atoms with E-state index in [2.05, 4.69) is 30.1 Å². The number of hydrogen-bond acceptors (Lipinski definition) is 12. The van der Waals surface area contributed by atoms with E-state index in [1.165, 1.54) is 7.11 Å². The number of amides is 2. The number of hydrogen-bond donors (Lipinski definition) is 3. The van der Waals surface area contributed by atoms with Crippen LogP contribution in [0, 0.1) is 29.1 Å². The molecular formula is C59H66N4O10. The first kappa shape index (κ1) is 52.2. The number of methoxy groups -OCH3 is 2. The van der Waals surface area contributed by atoms with E-state index in [1.54, 1.807) is 67.8 Å². The number of ether oxygens (including phenoxy) is 5. The van der Waals surface area contributed by atoms with Gasteiger partial charge in [0.2, 0.25) is 5.79 Å². The fourth-order valence-corrected chi connectivity index (χ4v) is 10.8. The number of nitrogens with one attached hydrogen (secondary N) is 1. The molecule has 0 radical (unpaired) electrons. The number of oxime groups is 1. The van der Waals surface area contributed by atoms with Crippen LogP contribution < -0.4 is 24.3 Å². The smallest absolute Gasteiger partial charge is 0.417 e. The second-order valence-corrected chi connectivity index (χ2v) is 19.8. The molecule has 6 unspecified atom stereocenters. The molecule has 3 N–H and O–H groups in total. The molecular weight excluding hydrogens is 925 g/mol. The Kier molecular flexibility index (Phi) is 16.5. The van der Waals surface area contributed by atoms with Crippen molar-refractivity contribution in [3.8, 4) is 29.1 Å². The first-order chi connectivity index (χ1) is 35.3. The standard InChI is InChI=1S/C59H66N4O10/c1-7-31-70-59-53(63(56(66)40-23-21-38(36-60)22-24-40)37-42-18-14-17-39-15-8-9-19-45(39)42)35-50(62-73-58(2,3)4)47-32-41(16-10-12-29-64)46(20-11-13-30-65)54(55(47)59)48-33-44(26-28-51(48)72-59)71-57(67)61-49-27-25-43(68-5)34-52(49)69-6/h7-9,14-15,17-19,21-28,32-34,41,46,53-55,64-65H,1,10-13,16,20,29-31,35,37H2,2-6H3,(H,61,67). The van der Waals surface area contributed by atoms with Gasteiger partial charge >= 0.3 is 6.09 Å². The predicted octanol–water partition coefficient (Wildman–Crippen LogP) is 11.1. The third-order valence-electron chi connectivity index (χ3n) is 14.0. The number of rotatable bonds is 20. The minimum absolute atomic E-state index is 0.0266. The highest BCUT2D eigenvalue weighted by atomic mass is 16.7. The summed E-state index contributed by atoms with van der Waals surface area (Å²) >= 11 is 0. The maximum Gasteiger partial charge on any atom is 0.417 e. The molecule has 0 bridgehead atoms. The number of nitrogens with zero attached hydrogens (tertiary/aromatic N) is 3. The van der Waals surface area contributed by atoms with Crippen LogP contribution in [-0.4, -0.2) is 84.3 Å². The third kappa shape index (κ3) is 11.4. The van der Waals surface area contributed by atoms with E-state index in [-0.39, 0.29) is 56.3 Å². The first-order valence-corrected chi connectivity index (χ1v) is 25.1. The number of carbonyl (C=O) groups is 2. The average Bonchev–Trinajstić information content (AvgIpc) is 3.39. The molecule has 1 fully saturated rings. The van der Waals surface area contributed by atoms with Gasteiger partial charge in [-0.1, -0.05) is 72.6 Å². The van der Waals surface area contributed by atoms with Gasteiger partial charge in [0.15, 0.2) is 0 Å². The van der Waals surface area contributed by atoms with Crippen molar-refractivity contribution < 1.29 is 48.3 Å². The predicted molar refractivity (Wildman–Crippen MR) is 280 cm³/mol. The molecule has 14 heteroatoms. The van der Waals surface area contributed by atoms with E-state index in [4.69, 9.17) is 33.7 Å². The zero-order valence-electron chi connectivity index (χ0n) is 42.3. The Balaban J connectivity index is 1.35. The van der Waals surface area contributed by atoms with Crippen molar-refractivity contribution in [1.29, 1.82) is 5.26 Å². The SMILES string of the molecule is C=CCOC12Oc3ccc(OC(=O)Nc4ccc(OC)cc4OC)cc3C3C(CCCCO)C(CCCCO)C=C(C(=NOC(C)(C)C)CC1N(Cc1cccc4ccccc14)C(=O)c1ccc(C#N)cc1)C32. The van der Waals surface area contributed by atoms with Crippen LogP contribution in [0.3, 0.4) is 0 Å². The van der Waals surface area contributed by atoms with Gasteiger partial charge in [-0.25, -0.2) is 4.79 Å². The van der Waals surface area contributed by atoms with Gasteiger partial charge in [-0.3, -0.25) is 10.1 Å².